The van der Waals surface area contributed by atoms with Crippen molar-refractivity contribution in [2.24, 2.45) is 5.92 Å². The number of alkyl halides is 2. The van der Waals surface area contributed by atoms with Crippen LogP contribution in [-0.2, 0) is 11.8 Å². The molecule has 22 heavy (non-hydrogen) atoms. The first kappa shape index (κ1) is 15.2. The maximum Gasteiger partial charge on any atom is 0.289 e. The number of hydrogen-bond donors (Lipinski definition) is 1. The van der Waals surface area contributed by atoms with E-state index in [1.165, 1.54) is 22.7 Å². The lowest BCUT2D eigenvalue weighted by Gasteiger charge is -2.38. The van der Waals surface area contributed by atoms with E-state index in [1.807, 2.05) is 12.1 Å². The van der Waals surface area contributed by atoms with Gasteiger partial charge in [-0.2, -0.15) is 0 Å². The molecule has 0 spiro atoms. The molecule has 0 fully saturated rings. The van der Waals surface area contributed by atoms with Gasteiger partial charge in [-0.25, -0.2) is 8.78 Å². The molecule has 1 aliphatic carbocycles. The fourth-order valence-electron chi connectivity index (χ4n) is 3.43. The van der Waals surface area contributed by atoms with E-state index in [2.05, 4.69) is 26.8 Å². The van der Waals surface area contributed by atoms with Gasteiger partial charge >= 0.3 is 0 Å². The Morgan fingerprint density at radius 1 is 1.27 bits per heavy atom. The standard InChI is InChI=1S/C18H21F2NO/c1-12-11-13-14(17(12,2)3)7-6-8-15(13)21-10-5-4-9-18(21,22)16(19)20/h4-10,12,16,22H,11H2,1-3H3. The molecule has 3 rings (SSSR count). The topological polar surface area (TPSA) is 23.5 Å². The highest BCUT2D eigenvalue weighted by Gasteiger charge is 2.45. The summed E-state index contributed by atoms with van der Waals surface area (Å²) in [4.78, 5) is 1.30. The molecule has 1 N–H and O–H groups in total. The fraction of sp³-hybridized carbons (Fsp3) is 0.444. The van der Waals surface area contributed by atoms with E-state index in [1.54, 1.807) is 6.08 Å². The third-order valence-electron chi connectivity index (χ3n) is 5.24. The van der Waals surface area contributed by atoms with E-state index >= 15 is 0 Å². The maximum atomic E-state index is 13.4. The average Bonchev–Trinajstić information content (AvgIpc) is 2.70. The number of nitrogens with zero attached hydrogens (tertiary/aromatic N) is 1. The summed E-state index contributed by atoms with van der Waals surface area (Å²) in [7, 11) is 0. The van der Waals surface area contributed by atoms with Crippen LogP contribution >= 0.6 is 0 Å². The van der Waals surface area contributed by atoms with E-state index < -0.39 is 12.2 Å². The lowest BCUT2D eigenvalue weighted by molar-refractivity contribution is -0.0581. The quantitative estimate of drug-likeness (QED) is 0.892. The molecule has 2 aliphatic rings. The molecular formula is C18H21F2NO. The van der Waals surface area contributed by atoms with Crippen LogP contribution in [0.15, 0.2) is 42.6 Å². The van der Waals surface area contributed by atoms with Gasteiger partial charge in [0.25, 0.3) is 6.43 Å². The molecule has 0 bridgehead atoms. The van der Waals surface area contributed by atoms with Crippen LogP contribution < -0.4 is 4.90 Å². The van der Waals surface area contributed by atoms with Crippen LogP contribution in [0.3, 0.4) is 0 Å². The van der Waals surface area contributed by atoms with Crippen LogP contribution in [0.1, 0.15) is 31.9 Å². The number of aliphatic hydroxyl groups is 1. The van der Waals surface area contributed by atoms with E-state index in [0.29, 0.717) is 11.6 Å². The molecule has 118 valence electrons. The van der Waals surface area contributed by atoms with Crippen molar-refractivity contribution in [2.75, 3.05) is 4.90 Å². The average molecular weight is 305 g/mol. The Bertz CT molecular complexity index is 650. The lowest BCUT2D eigenvalue weighted by Crippen LogP contribution is -2.51. The molecule has 0 saturated heterocycles. The molecule has 0 saturated carbocycles. The smallest absolute Gasteiger partial charge is 0.289 e. The number of allylic oxidation sites excluding steroid dienone is 2. The van der Waals surface area contributed by atoms with E-state index in [4.69, 9.17) is 0 Å². The first-order valence-electron chi connectivity index (χ1n) is 7.56. The third kappa shape index (κ3) is 2.01. The van der Waals surface area contributed by atoms with Crippen LogP contribution in [0.2, 0.25) is 0 Å². The van der Waals surface area contributed by atoms with Crippen molar-refractivity contribution in [3.63, 3.8) is 0 Å². The minimum atomic E-state index is -2.89. The minimum Gasteiger partial charge on any atom is -0.363 e. The Kier molecular flexibility index (Phi) is 3.40. The van der Waals surface area contributed by atoms with Crippen molar-refractivity contribution in [2.45, 2.75) is 44.8 Å². The van der Waals surface area contributed by atoms with Crippen LogP contribution in [0.5, 0.6) is 0 Å². The van der Waals surface area contributed by atoms with Crippen LogP contribution in [-0.4, -0.2) is 17.3 Å². The largest absolute Gasteiger partial charge is 0.363 e. The molecule has 4 heteroatoms. The first-order valence-corrected chi connectivity index (χ1v) is 7.56. The van der Waals surface area contributed by atoms with Crippen LogP contribution in [0, 0.1) is 5.92 Å². The van der Waals surface area contributed by atoms with Crippen LogP contribution in [0.25, 0.3) is 0 Å². The van der Waals surface area contributed by atoms with Gasteiger partial charge in [0.2, 0.25) is 5.72 Å². The summed E-state index contributed by atoms with van der Waals surface area (Å²) in [6.07, 6.45) is 3.74. The molecule has 1 aromatic carbocycles. The highest BCUT2D eigenvalue weighted by molar-refractivity contribution is 5.65. The second-order valence-electron chi connectivity index (χ2n) is 6.78. The van der Waals surface area contributed by atoms with Crippen LogP contribution in [0.4, 0.5) is 14.5 Å². The molecule has 2 atom stereocenters. The van der Waals surface area contributed by atoms with E-state index in [9.17, 15) is 13.9 Å². The summed E-state index contributed by atoms with van der Waals surface area (Å²) >= 11 is 0. The van der Waals surface area contributed by atoms with E-state index in [-0.39, 0.29) is 5.41 Å². The summed E-state index contributed by atoms with van der Waals surface area (Å²) in [5.74, 6) is 0.424. The van der Waals surface area contributed by atoms with E-state index in [0.717, 1.165) is 18.1 Å². The normalized spacial score (nSPS) is 29.2. The van der Waals surface area contributed by atoms with Crippen molar-refractivity contribution < 1.29 is 13.9 Å². The first-order chi connectivity index (χ1) is 10.3. The van der Waals surface area contributed by atoms with Crippen molar-refractivity contribution >= 4 is 5.69 Å². The monoisotopic (exact) mass is 305 g/mol. The van der Waals surface area contributed by atoms with Gasteiger partial charge in [-0.3, -0.25) is 0 Å². The molecule has 2 nitrogen and oxygen atoms in total. The zero-order valence-electron chi connectivity index (χ0n) is 13.1. The zero-order valence-corrected chi connectivity index (χ0v) is 13.1. The number of hydrogen-bond acceptors (Lipinski definition) is 2. The van der Waals surface area contributed by atoms with Gasteiger partial charge < -0.3 is 10.0 Å². The molecule has 1 heterocycles. The Balaban J connectivity index is 2.13. The predicted octanol–water partition coefficient (Wildman–Crippen LogP) is 4.00. The zero-order chi connectivity index (χ0) is 16.1. The van der Waals surface area contributed by atoms with Gasteiger partial charge in [0.05, 0.1) is 0 Å². The molecule has 0 aromatic heterocycles. The Labute approximate surface area is 129 Å². The maximum absolute atomic E-state index is 13.4. The SMILES string of the molecule is CC1Cc2c(N3C=CC=CC3(O)C(F)F)cccc2C1(C)C. The molecule has 0 amide bonds. The Hall–Kier alpha value is -1.68. The molecular weight excluding hydrogens is 284 g/mol. The van der Waals surface area contributed by atoms with Crippen molar-refractivity contribution in [1.82, 2.24) is 0 Å². The third-order valence-corrected chi connectivity index (χ3v) is 5.24. The fourth-order valence-corrected chi connectivity index (χ4v) is 3.43. The van der Waals surface area contributed by atoms with Gasteiger partial charge in [0, 0.05) is 11.9 Å². The number of fused-ring (bicyclic) bond motifs is 1. The summed E-state index contributed by atoms with van der Waals surface area (Å²) in [6.45, 7) is 6.53. The number of rotatable bonds is 2. The summed E-state index contributed by atoms with van der Waals surface area (Å²) in [5, 5.41) is 10.4. The van der Waals surface area contributed by atoms with Crippen molar-refractivity contribution in [3.05, 3.63) is 53.8 Å². The van der Waals surface area contributed by atoms with Crippen molar-refractivity contribution in [1.29, 1.82) is 0 Å². The minimum absolute atomic E-state index is 0.00360. The molecule has 2 unspecified atom stereocenters. The Morgan fingerprint density at radius 3 is 2.68 bits per heavy atom. The Morgan fingerprint density at radius 2 is 2.00 bits per heavy atom. The van der Waals surface area contributed by atoms with Gasteiger partial charge in [0.1, 0.15) is 0 Å². The number of benzene rings is 1. The number of anilines is 1. The second kappa shape index (κ2) is 4.92. The molecule has 1 aromatic rings. The van der Waals surface area contributed by atoms with Gasteiger partial charge in [-0.15, -0.1) is 0 Å². The van der Waals surface area contributed by atoms with Gasteiger partial charge in [-0.05, 0) is 47.1 Å². The molecule has 1 aliphatic heterocycles. The predicted molar refractivity (Wildman–Crippen MR) is 84.0 cm³/mol. The second-order valence-corrected chi connectivity index (χ2v) is 6.78. The van der Waals surface area contributed by atoms with Gasteiger partial charge in [0.15, 0.2) is 0 Å². The summed E-state index contributed by atoms with van der Waals surface area (Å²) < 4.78 is 26.9. The molecule has 0 radical (unpaired) electrons. The van der Waals surface area contributed by atoms with Crippen molar-refractivity contribution in [3.8, 4) is 0 Å². The summed E-state index contributed by atoms with van der Waals surface area (Å²) in [5.41, 5.74) is 0.609. The highest BCUT2D eigenvalue weighted by Crippen LogP contribution is 2.47. The lowest BCUT2D eigenvalue weighted by atomic mass is 9.80. The number of halogens is 2. The highest BCUT2D eigenvalue weighted by atomic mass is 19.3. The van der Waals surface area contributed by atoms with Gasteiger partial charge in [-0.1, -0.05) is 39.0 Å². The summed E-state index contributed by atoms with van der Waals surface area (Å²) in [6, 6.07) is 5.75.